The minimum atomic E-state index is -0.138. The van der Waals surface area contributed by atoms with Gasteiger partial charge in [-0.15, -0.1) is 0 Å². The molecule has 0 saturated carbocycles. The van der Waals surface area contributed by atoms with Crippen LogP contribution in [0.4, 0.5) is 5.82 Å². The van der Waals surface area contributed by atoms with Crippen molar-refractivity contribution in [3.05, 3.63) is 45.7 Å². The second-order valence-corrected chi connectivity index (χ2v) is 3.60. The maximum Gasteiger partial charge on any atom is 0.273 e. The summed E-state index contributed by atoms with van der Waals surface area (Å²) in [6.45, 7) is 3.99. The van der Waals surface area contributed by atoms with Crippen LogP contribution in [0.15, 0.2) is 29.1 Å². The van der Waals surface area contributed by atoms with Gasteiger partial charge in [-0.2, -0.15) is 0 Å². The van der Waals surface area contributed by atoms with Gasteiger partial charge in [0.25, 0.3) is 5.56 Å². The molecule has 2 aromatic rings. The summed E-state index contributed by atoms with van der Waals surface area (Å²) in [6, 6.07) is 7.19. The SMILES string of the molecule is Cc1cccc(-n2[nH]c(N)cc2=O)c1C. The van der Waals surface area contributed by atoms with Crippen LogP contribution in [0.5, 0.6) is 0 Å². The Kier molecular flexibility index (Phi) is 2.11. The highest BCUT2D eigenvalue weighted by molar-refractivity contribution is 5.45. The van der Waals surface area contributed by atoms with Crippen LogP contribution in [0.1, 0.15) is 11.1 Å². The molecule has 0 radical (unpaired) electrons. The summed E-state index contributed by atoms with van der Waals surface area (Å²) in [6.07, 6.45) is 0. The molecule has 0 aliphatic heterocycles. The van der Waals surface area contributed by atoms with Crippen LogP contribution >= 0.6 is 0 Å². The number of benzene rings is 1. The third kappa shape index (κ3) is 1.54. The minimum absolute atomic E-state index is 0.138. The lowest BCUT2D eigenvalue weighted by Crippen LogP contribution is -2.14. The average Bonchev–Trinajstić information content (AvgIpc) is 2.50. The van der Waals surface area contributed by atoms with Crippen molar-refractivity contribution in [2.24, 2.45) is 0 Å². The van der Waals surface area contributed by atoms with Gasteiger partial charge in [0.2, 0.25) is 0 Å². The molecule has 0 amide bonds. The zero-order chi connectivity index (χ0) is 11.0. The summed E-state index contributed by atoms with van der Waals surface area (Å²) in [5.41, 5.74) is 8.45. The zero-order valence-corrected chi connectivity index (χ0v) is 8.74. The summed E-state index contributed by atoms with van der Waals surface area (Å²) >= 11 is 0. The molecule has 0 aliphatic rings. The molecule has 4 heteroatoms. The molecular formula is C11H13N3O. The quantitative estimate of drug-likeness (QED) is 0.735. The summed E-state index contributed by atoms with van der Waals surface area (Å²) in [5.74, 6) is 0.376. The third-order valence-electron chi connectivity index (χ3n) is 2.56. The molecule has 2 rings (SSSR count). The number of nitrogens with one attached hydrogen (secondary N) is 1. The molecule has 1 heterocycles. The van der Waals surface area contributed by atoms with Crippen molar-refractivity contribution in [1.29, 1.82) is 0 Å². The second kappa shape index (κ2) is 3.31. The number of hydrogen-bond donors (Lipinski definition) is 2. The van der Waals surface area contributed by atoms with E-state index in [-0.39, 0.29) is 5.56 Å². The fourth-order valence-corrected chi connectivity index (χ4v) is 1.57. The van der Waals surface area contributed by atoms with Gasteiger partial charge in [-0.25, -0.2) is 4.68 Å². The first kappa shape index (κ1) is 9.58. The smallest absolute Gasteiger partial charge is 0.273 e. The van der Waals surface area contributed by atoms with Gasteiger partial charge in [-0.1, -0.05) is 12.1 Å². The van der Waals surface area contributed by atoms with E-state index in [1.54, 1.807) is 0 Å². The predicted molar refractivity (Wildman–Crippen MR) is 60.3 cm³/mol. The molecule has 0 spiro atoms. The van der Waals surface area contributed by atoms with E-state index >= 15 is 0 Å². The van der Waals surface area contributed by atoms with Gasteiger partial charge in [0.1, 0.15) is 5.82 Å². The van der Waals surface area contributed by atoms with E-state index in [9.17, 15) is 4.79 Å². The van der Waals surface area contributed by atoms with Gasteiger partial charge < -0.3 is 5.73 Å². The first-order valence-corrected chi connectivity index (χ1v) is 4.73. The highest BCUT2D eigenvalue weighted by Crippen LogP contribution is 2.15. The lowest BCUT2D eigenvalue weighted by Gasteiger charge is -2.08. The first-order chi connectivity index (χ1) is 7.09. The van der Waals surface area contributed by atoms with Crippen molar-refractivity contribution in [3.8, 4) is 5.69 Å². The van der Waals surface area contributed by atoms with Crippen LogP contribution in [-0.2, 0) is 0 Å². The Morgan fingerprint density at radius 2 is 2.07 bits per heavy atom. The Hall–Kier alpha value is -1.97. The topological polar surface area (TPSA) is 63.8 Å². The molecular weight excluding hydrogens is 190 g/mol. The van der Waals surface area contributed by atoms with Gasteiger partial charge in [-0.3, -0.25) is 9.89 Å². The predicted octanol–water partition coefficient (Wildman–Crippen LogP) is 1.36. The zero-order valence-electron chi connectivity index (χ0n) is 8.74. The molecule has 4 nitrogen and oxygen atoms in total. The minimum Gasteiger partial charge on any atom is -0.384 e. The number of anilines is 1. The van der Waals surface area contributed by atoms with E-state index in [1.807, 2.05) is 32.0 Å². The molecule has 3 N–H and O–H groups in total. The van der Waals surface area contributed by atoms with Crippen LogP contribution in [0.25, 0.3) is 5.69 Å². The Bertz CT molecular complexity index is 551. The molecule has 0 unspecified atom stereocenters. The molecule has 0 saturated heterocycles. The summed E-state index contributed by atoms with van der Waals surface area (Å²) in [5, 5.41) is 2.81. The van der Waals surface area contributed by atoms with Crippen LogP contribution in [0.2, 0.25) is 0 Å². The lowest BCUT2D eigenvalue weighted by atomic mass is 10.1. The monoisotopic (exact) mass is 203 g/mol. The van der Waals surface area contributed by atoms with Crippen molar-refractivity contribution in [2.45, 2.75) is 13.8 Å². The van der Waals surface area contributed by atoms with Crippen molar-refractivity contribution in [1.82, 2.24) is 9.78 Å². The Morgan fingerprint density at radius 3 is 2.67 bits per heavy atom. The van der Waals surface area contributed by atoms with E-state index in [1.165, 1.54) is 10.7 Å². The molecule has 1 aromatic carbocycles. The number of aromatic nitrogens is 2. The van der Waals surface area contributed by atoms with Crippen molar-refractivity contribution in [3.63, 3.8) is 0 Å². The molecule has 78 valence electrons. The van der Waals surface area contributed by atoms with Gasteiger partial charge in [0, 0.05) is 6.07 Å². The highest BCUT2D eigenvalue weighted by atomic mass is 16.1. The number of nitrogens with zero attached hydrogens (tertiary/aromatic N) is 1. The number of rotatable bonds is 1. The molecule has 0 atom stereocenters. The summed E-state index contributed by atoms with van der Waals surface area (Å²) < 4.78 is 1.46. The van der Waals surface area contributed by atoms with E-state index in [4.69, 9.17) is 5.73 Å². The van der Waals surface area contributed by atoms with Gasteiger partial charge in [-0.05, 0) is 31.0 Å². The number of hydrogen-bond acceptors (Lipinski definition) is 2. The van der Waals surface area contributed by atoms with Gasteiger partial charge in [0.15, 0.2) is 0 Å². The molecule has 0 aliphatic carbocycles. The largest absolute Gasteiger partial charge is 0.384 e. The van der Waals surface area contributed by atoms with Crippen molar-refractivity contribution in [2.75, 3.05) is 5.73 Å². The molecule has 15 heavy (non-hydrogen) atoms. The summed E-state index contributed by atoms with van der Waals surface area (Å²) in [7, 11) is 0. The third-order valence-corrected chi connectivity index (χ3v) is 2.56. The number of aryl methyl sites for hydroxylation is 1. The Balaban J connectivity index is 2.69. The molecule has 0 bridgehead atoms. The van der Waals surface area contributed by atoms with Crippen LogP contribution in [0.3, 0.4) is 0 Å². The number of H-pyrrole nitrogens is 1. The normalized spacial score (nSPS) is 10.5. The lowest BCUT2D eigenvalue weighted by molar-refractivity contribution is 0.845. The first-order valence-electron chi connectivity index (χ1n) is 4.73. The highest BCUT2D eigenvalue weighted by Gasteiger charge is 2.06. The van der Waals surface area contributed by atoms with Crippen LogP contribution in [-0.4, -0.2) is 9.78 Å². The van der Waals surface area contributed by atoms with Crippen LogP contribution in [0, 0.1) is 13.8 Å². The van der Waals surface area contributed by atoms with E-state index < -0.39 is 0 Å². The fourth-order valence-electron chi connectivity index (χ4n) is 1.57. The standard InChI is InChI=1S/C11H13N3O/c1-7-4-3-5-9(8(7)2)14-11(15)6-10(12)13-14/h3-6,13H,12H2,1-2H3. The van der Waals surface area contributed by atoms with E-state index in [0.29, 0.717) is 5.82 Å². The van der Waals surface area contributed by atoms with Gasteiger partial charge in [0.05, 0.1) is 5.69 Å². The van der Waals surface area contributed by atoms with Gasteiger partial charge >= 0.3 is 0 Å². The molecule has 0 fully saturated rings. The fraction of sp³-hybridized carbons (Fsp3) is 0.182. The maximum atomic E-state index is 11.6. The maximum absolute atomic E-state index is 11.6. The number of nitrogens with two attached hydrogens (primary N) is 1. The summed E-state index contributed by atoms with van der Waals surface area (Å²) in [4.78, 5) is 11.6. The van der Waals surface area contributed by atoms with E-state index in [0.717, 1.165) is 16.8 Å². The Morgan fingerprint density at radius 1 is 1.33 bits per heavy atom. The average molecular weight is 203 g/mol. The van der Waals surface area contributed by atoms with Crippen molar-refractivity contribution >= 4 is 5.82 Å². The van der Waals surface area contributed by atoms with Crippen LogP contribution < -0.4 is 11.3 Å². The second-order valence-electron chi connectivity index (χ2n) is 3.60. The molecule has 1 aromatic heterocycles. The van der Waals surface area contributed by atoms with Crippen molar-refractivity contribution < 1.29 is 0 Å². The number of aromatic amines is 1. The number of nitrogen functional groups attached to an aromatic ring is 1. The van der Waals surface area contributed by atoms with E-state index in [2.05, 4.69) is 5.10 Å². The Labute approximate surface area is 87.3 Å².